The van der Waals surface area contributed by atoms with Gasteiger partial charge in [-0.2, -0.15) is 5.10 Å². The maximum atomic E-state index is 12.2. The molecule has 4 heteroatoms. The second-order valence-corrected chi connectivity index (χ2v) is 4.70. The molecule has 2 aromatic rings. The van der Waals surface area contributed by atoms with Gasteiger partial charge in [-0.3, -0.25) is 9.48 Å². The van der Waals surface area contributed by atoms with Gasteiger partial charge in [-0.1, -0.05) is 24.3 Å². The van der Waals surface area contributed by atoms with Crippen molar-refractivity contribution in [1.29, 1.82) is 0 Å². The highest BCUT2D eigenvalue weighted by molar-refractivity contribution is 5.92. The number of benzene rings is 1. The summed E-state index contributed by atoms with van der Waals surface area (Å²) >= 11 is 0. The summed E-state index contributed by atoms with van der Waals surface area (Å²) in [5, 5.41) is 6.97. The number of aryl methyl sites for hydroxylation is 1. The average molecular weight is 241 g/mol. The van der Waals surface area contributed by atoms with E-state index in [0.29, 0.717) is 0 Å². The van der Waals surface area contributed by atoms with Crippen molar-refractivity contribution in [1.82, 2.24) is 9.78 Å². The zero-order valence-corrected chi connectivity index (χ0v) is 10.3. The molecular formula is C14H15N3O. The lowest BCUT2D eigenvalue weighted by atomic mass is 10.1. The van der Waals surface area contributed by atoms with E-state index in [0.717, 1.165) is 18.7 Å². The van der Waals surface area contributed by atoms with E-state index in [1.165, 1.54) is 11.1 Å². The van der Waals surface area contributed by atoms with Crippen molar-refractivity contribution >= 4 is 11.7 Å². The second-order valence-electron chi connectivity index (χ2n) is 4.70. The van der Waals surface area contributed by atoms with Crippen LogP contribution in [-0.4, -0.2) is 15.7 Å². The molecule has 0 fully saturated rings. The van der Waals surface area contributed by atoms with Crippen LogP contribution in [0.1, 0.15) is 11.1 Å². The highest BCUT2D eigenvalue weighted by atomic mass is 16.2. The Morgan fingerprint density at radius 1 is 1.28 bits per heavy atom. The first-order valence-electron chi connectivity index (χ1n) is 6.09. The molecule has 1 aliphatic rings. The predicted octanol–water partition coefficient (Wildman–Crippen LogP) is 1.77. The SMILES string of the molecule is Cn1nccc1NC(=O)C1Cc2ccccc2C1. The molecule has 1 aromatic heterocycles. The first-order chi connectivity index (χ1) is 8.74. The molecule has 1 N–H and O–H groups in total. The van der Waals surface area contributed by atoms with Crippen LogP contribution in [0.2, 0.25) is 0 Å². The molecular weight excluding hydrogens is 226 g/mol. The van der Waals surface area contributed by atoms with Crippen molar-refractivity contribution in [2.45, 2.75) is 12.8 Å². The highest BCUT2D eigenvalue weighted by Crippen LogP contribution is 2.27. The predicted molar refractivity (Wildman–Crippen MR) is 69.2 cm³/mol. The van der Waals surface area contributed by atoms with E-state index >= 15 is 0 Å². The van der Waals surface area contributed by atoms with Gasteiger partial charge in [-0.05, 0) is 24.0 Å². The average Bonchev–Trinajstić information content (AvgIpc) is 2.96. The van der Waals surface area contributed by atoms with E-state index < -0.39 is 0 Å². The molecule has 0 saturated carbocycles. The summed E-state index contributed by atoms with van der Waals surface area (Å²) in [6.45, 7) is 0. The molecule has 0 bridgehead atoms. The second kappa shape index (κ2) is 4.29. The Kier molecular flexibility index (Phi) is 2.63. The summed E-state index contributed by atoms with van der Waals surface area (Å²) in [6, 6.07) is 10.1. The molecule has 1 amide bonds. The van der Waals surface area contributed by atoms with Crippen LogP contribution in [0.5, 0.6) is 0 Å². The summed E-state index contributed by atoms with van der Waals surface area (Å²) < 4.78 is 1.67. The molecule has 1 aliphatic carbocycles. The zero-order valence-electron chi connectivity index (χ0n) is 10.3. The van der Waals surface area contributed by atoms with Crippen molar-refractivity contribution in [2.24, 2.45) is 13.0 Å². The molecule has 0 radical (unpaired) electrons. The number of hydrogen-bond acceptors (Lipinski definition) is 2. The molecule has 0 saturated heterocycles. The Balaban J connectivity index is 1.71. The van der Waals surface area contributed by atoms with Crippen LogP contribution in [0.4, 0.5) is 5.82 Å². The van der Waals surface area contributed by atoms with Crippen LogP contribution in [-0.2, 0) is 24.7 Å². The Morgan fingerprint density at radius 2 is 1.94 bits per heavy atom. The number of fused-ring (bicyclic) bond motifs is 1. The molecule has 18 heavy (non-hydrogen) atoms. The summed E-state index contributed by atoms with van der Waals surface area (Å²) in [4.78, 5) is 12.2. The summed E-state index contributed by atoms with van der Waals surface area (Å²) in [6.07, 6.45) is 3.35. The molecule has 0 aliphatic heterocycles. The van der Waals surface area contributed by atoms with Gasteiger partial charge in [0.25, 0.3) is 0 Å². The minimum atomic E-state index is 0.0392. The van der Waals surface area contributed by atoms with Crippen LogP contribution < -0.4 is 5.32 Å². The normalized spacial score (nSPS) is 14.5. The smallest absolute Gasteiger partial charge is 0.229 e. The summed E-state index contributed by atoms with van der Waals surface area (Å²) in [5.41, 5.74) is 2.59. The Morgan fingerprint density at radius 3 is 2.50 bits per heavy atom. The van der Waals surface area contributed by atoms with Gasteiger partial charge in [-0.25, -0.2) is 0 Å². The Hall–Kier alpha value is -2.10. The van der Waals surface area contributed by atoms with Crippen molar-refractivity contribution in [3.8, 4) is 0 Å². The van der Waals surface area contributed by atoms with Crippen LogP contribution >= 0.6 is 0 Å². The van der Waals surface area contributed by atoms with Gasteiger partial charge in [0.2, 0.25) is 5.91 Å². The van der Waals surface area contributed by atoms with E-state index in [2.05, 4.69) is 22.5 Å². The van der Waals surface area contributed by atoms with Crippen LogP contribution in [0.15, 0.2) is 36.5 Å². The van der Waals surface area contributed by atoms with Crippen LogP contribution in [0, 0.1) is 5.92 Å². The Labute approximate surface area is 106 Å². The third-order valence-corrected chi connectivity index (χ3v) is 3.49. The van der Waals surface area contributed by atoms with Crippen molar-refractivity contribution in [3.05, 3.63) is 47.7 Å². The fourth-order valence-corrected chi connectivity index (χ4v) is 2.47. The van der Waals surface area contributed by atoms with Gasteiger partial charge in [-0.15, -0.1) is 0 Å². The number of aromatic nitrogens is 2. The number of anilines is 1. The first-order valence-corrected chi connectivity index (χ1v) is 6.09. The topological polar surface area (TPSA) is 46.9 Å². The number of carbonyl (C=O) groups is 1. The maximum Gasteiger partial charge on any atom is 0.229 e. The maximum absolute atomic E-state index is 12.2. The number of carbonyl (C=O) groups excluding carboxylic acids is 1. The van der Waals surface area contributed by atoms with Gasteiger partial charge in [0.15, 0.2) is 0 Å². The number of hydrogen-bond donors (Lipinski definition) is 1. The van der Waals surface area contributed by atoms with Gasteiger partial charge < -0.3 is 5.32 Å². The van der Waals surface area contributed by atoms with E-state index in [1.807, 2.05) is 19.2 Å². The molecule has 3 rings (SSSR count). The molecule has 92 valence electrons. The number of amides is 1. The Bertz CT molecular complexity index is 563. The van der Waals surface area contributed by atoms with Crippen molar-refractivity contribution in [3.63, 3.8) is 0 Å². The summed E-state index contributed by atoms with van der Waals surface area (Å²) in [5.74, 6) is 0.864. The molecule has 0 unspecified atom stereocenters. The molecule has 0 spiro atoms. The van der Waals surface area contributed by atoms with Gasteiger partial charge in [0.1, 0.15) is 5.82 Å². The van der Waals surface area contributed by atoms with Gasteiger partial charge in [0.05, 0.1) is 6.20 Å². The minimum absolute atomic E-state index is 0.0392. The fraction of sp³-hybridized carbons (Fsp3) is 0.286. The van der Waals surface area contributed by atoms with E-state index in [4.69, 9.17) is 0 Å². The molecule has 1 heterocycles. The lowest BCUT2D eigenvalue weighted by Crippen LogP contribution is -2.24. The highest BCUT2D eigenvalue weighted by Gasteiger charge is 2.27. The fourth-order valence-electron chi connectivity index (χ4n) is 2.47. The monoisotopic (exact) mass is 241 g/mol. The third-order valence-electron chi connectivity index (χ3n) is 3.49. The lowest BCUT2D eigenvalue weighted by Gasteiger charge is -2.10. The number of rotatable bonds is 2. The first kappa shape index (κ1) is 11.0. The van der Waals surface area contributed by atoms with Gasteiger partial charge >= 0.3 is 0 Å². The third kappa shape index (κ3) is 1.90. The molecule has 4 nitrogen and oxygen atoms in total. The van der Waals surface area contributed by atoms with E-state index in [9.17, 15) is 4.79 Å². The van der Waals surface area contributed by atoms with E-state index in [-0.39, 0.29) is 11.8 Å². The van der Waals surface area contributed by atoms with Crippen LogP contribution in [0.25, 0.3) is 0 Å². The zero-order chi connectivity index (χ0) is 12.5. The number of nitrogens with one attached hydrogen (secondary N) is 1. The quantitative estimate of drug-likeness (QED) is 0.871. The van der Waals surface area contributed by atoms with Gasteiger partial charge in [0, 0.05) is 19.0 Å². The molecule has 1 aromatic carbocycles. The molecule has 0 atom stereocenters. The lowest BCUT2D eigenvalue weighted by molar-refractivity contribution is -0.119. The number of nitrogens with zero attached hydrogens (tertiary/aromatic N) is 2. The summed E-state index contributed by atoms with van der Waals surface area (Å²) in [7, 11) is 1.82. The van der Waals surface area contributed by atoms with Crippen LogP contribution in [0.3, 0.4) is 0 Å². The van der Waals surface area contributed by atoms with Crippen molar-refractivity contribution in [2.75, 3.05) is 5.32 Å². The van der Waals surface area contributed by atoms with E-state index in [1.54, 1.807) is 16.9 Å². The largest absolute Gasteiger partial charge is 0.311 e. The standard InChI is InChI=1S/C14H15N3O/c1-17-13(6-7-15-17)16-14(18)12-8-10-4-2-3-5-11(10)9-12/h2-7,12H,8-9H2,1H3,(H,16,18). The van der Waals surface area contributed by atoms with Crippen molar-refractivity contribution < 1.29 is 4.79 Å². The minimum Gasteiger partial charge on any atom is -0.311 e.